The third-order valence-corrected chi connectivity index (χ3v) is 7.58. The molecule has 0 aromatic heterocycles. The molecule has 2 aromatic rings. The first-order valence-corrected chi connectivity index (χ1v) is 11.6. The van der Waals surface area contributed by atoms with Gasteiger partial charge in [0.15, 0.2) is 6.61 Å². The number of rotatable bonds is 4. The zero-order chi connectivity index (χ0) is 22.2. The average Bonchev–Trinajstić information content (AvgIpc) is 2.75. The van der Waals surface area contributed by atoms with Crippen LogP contribution in [0.5, 0.6) is 5.75 Å². The van der Waals surface area contributed by atoms with Crippen molar-refractivity contribution >= 4 is 33.2 Å². The molecule has 1 fully saturated rings. The topological polar surface area (TPSA) is 105 Å². The third kappa shape index (κ3) is 4.42. The van der Waals surface area contributed by atoms with Gasteiger partial charge in [0, 0.05) is 24.7 Å². The number of hydrogen-bond acceptors (Lipinski definition) is 5. The van der Waals surface area contributed by atoms with Crippen LogP contribution in [0.15, 0.2) is 41.3 Å². The zero-order valence-electron chi connectivity index (χ0n) is 17.5. The molecule has 0 aliphatic carbocycles. The molecule has 0 radical (unpaired) electrons. The van der Waals surface area contributed by atoms with E-state index in [0.717, 1.165) is 16.8 Å². The van der Waals surface area contributed by atoms with Gasteiger partial charge in [-0.1, -0.05) is 17.7 Å². The molecule has 0 atom stereocenters. The molecule has 0 unspecified atom stereocenters. The maximum absolute atomic E-state index is 13.1. The molecule has 2 amide bonds. The normalized spacial score (nSPS) is 17.4. The van der Waals surface area contributed by atoms with Crippen molar-refractivity contribution in [2.45, 2.75) is 31.6 Å². The second-order valence-corrected chi connectivity index (χ2v) is 9.92. The van der Waals surface area contributed by atoms with E-state index in [1.807, 2.05) is 32.0 Å². The monoisotopic (exact) mass is 443 g/mol. The smallest absolute Gasteiger partial charge is 0.262 e. The lowest BCUT2D eigenvalue weighted by molar-refractivity contribution is -0.121. The minimum atomic E-state index is -3.74. The highest BCUT2D eigenvalue weighted by Crippen LogP contribution is 2.32. The summed E-state index contributed by atoms with van der Waals surface area (Å²) >= 11 is 0. The quantitative estimate of drug-likeness (QED) is 0.756. The van der Waals surface area contributed by atoms with Gasteiger partial charge in [0.25, 0.3) is 5.91 Å². The third-order valence-electron chi connectivity index (χ3n) is 5.69. The molecule has 164 valence electrons. The lowest BCUT2D eigenvalue weighted by atomic mass is 9.97. The predicted octanol–water partition coefficient (Wildman–Crippen LogP) is 2.67. The number of nitrogens with zero attached hydrogens (tertiary/aromatic N) is 1. The van der Waals surface area contributed by atoms with Gasteiger partial charge in [-0.25, -0.2) is 8.42 Å². The molecule has 2 aliphatic rings. The fourth-order valence-corrected chi connectivity index (χ4v) is 5.42. The molecule has 2 aromatic carbocycles. The van der Waals surface area contributed by atoms with Crippen molar-refractivity contribution in [1.82, 2.24) is 4.31 Å². The zero-order valence-corrected chi connectivity index (χ0v) is 18.3. The highest BCUT2D eigenvalue weighted by molar-refractivity contribution is 7.89. The molecular formula is C22H25N3O5S. The molecule has 0 spiro atoms. The molecule has 2 heterocycles. The van der Waals surface area contributed by atoms with E-state index in [4.69, 9.17) is 4.74 Å². The Morgan fingerprint density at radius 1 is 1.13 bits per heavy atom. The summed E-state index contributed by atoms with van der Waals surface area (Å²) in [5.41, 5.74) is 3.25. The highest BCUT2D eigenvalue weighted by atomic mass is 32.2. The first-order chi connectivity index (χ1) is 14.7. The Morgan fingerprint density at radius 3 is 2.58 bits per heavy atom. The summed E-state index contributed by atoms with van der Waals surface area (Å²) in [5, 5.41) is 5.60. The molecule has 0 bridgehead atoms. The summed E-state index contributed by atoms with van der Waals surface area (Å²) in [6, 6.07) is 10.3. The number of sulfonamides is 1. The first kappa shape index (κ1) is 21.3. The van der Waals surface area contributed by atoms with Gasteiger partial charge in [-0.2, -0.15) is 4.31 Å². The summed E-state index contributed by atoms with van der Waals surface area (Å²) in [6.45, 7) is 4.37. The van der Waals surface area contributed by atoms with Gasteiger partial charge in [0.1, 0.15) is 5.75 Å². The number of carbonyl (C=O) groups excluding carboxylic acids is 2. The Hall–Kier alpha value is -2.91. The van der Waals surface area contributed by atoms with E-state index in [2.05, 4.69) is 10.6 Å². The summed E-state index contributed by atoms with van der Waals surface area (Å²) < 4.78 is 32.8. The van der Waals surface area contributed by atoms with Gasteiger partial charge in [-0.05, 0) is 56.5 Å². The standard InChI is InChI=1S/C22H25N3O5S/c1-14-3-5-18(15(2)11-14)24-22(27)16-7-9-25(10-8-16)31(28,29)17-4-6-20-19(12-17)23-21(26)13-30-20/h3-6,11-12,16H,7-10,13H2,1-2H3,(H,23,26)(H,24,27). The number of carbonyl (C=O) groups is 2. The van der Waals surface area contributed by atoms with E-state index in [9.17, 15) is 18.0 Å². The maximum Gasteiger partial charge on any atom is 0.262 e. The van der Waals surface area contributed by atoms with Crippen LogP contribution in [0.4, 0.5) is 11.4 Å². The first-order valence-electron chi connectivity index (χ1n) is 10.2. The summed E-state index contributed by atoms with van der Waals surface area (Å²) in [7, 11) is -3.74. The minimum Gasteiger partial charge on any atom is -0.482 e. The van der Waals surface area contributed by atoms with Crippen LogP contribution in [-0.2, 0) is 19.6 Å². The summed E-state index contributed by atoms with van der Waals surface area (Å²) in [5.74, 6) is -0.209. The van der Waals surface area contributed by atoms with Crippen molar-refractivity contribution in [3.8, 4) is 5.75 Å². The van der Waals surface area contributed by atoms with Crippen molar-refractivity contribution in [2.75, 3.05) is 30.3 Å². The SMILES string of the molecule is Cc1ccc(NC(=O)C2CCN(S(=O)(=O)c3ccc4c(c3)NC(=O)CO4)CC2)c(C)c1. The molecule has 2 N–H and O–H groups in total. The number of fused-ring (bicyclic) bond motifs is 1. The largest absolute Gasteiger partial charge is 0.482 e. The fourth-order valence-electron chi connectivity index (χ4n) is 3.92. The van der Waals surface area contributed by atoms with Gasteiger partial charge in [0.2, 0.25) is 15.9 Å². The lowest BCUT2D eigenvalue weighted by Crippen LogP contribution is -2.41. The van der Waals surface area contributed by atoms with E-state index in [1.165, 1.54) is 16.4 Å². The Morgan fingerprint density at radius 2 is 1.87 bits per heavy atom. The van der Waals surface area contributed by atoms with Crippen molar-refractivity contribution in [1.29, 1.82) is 0 Å². The van der Waals surface area contributed by atoms with Gasteiger partial charge in [-0.15, -0.1) is 0 Å². The van der Waals surface area contributed by atoms with Crippen LogP contribution in [0.3, 0.4) is 0 Å². The molecule has 4 rings (SSSR count). The molecule has 2 aliphatic heterocycles. The summed E-state index contributed by atoms with van der Waals surface area (Å²) in [4.78, 5) is 24.3. The Kier molecular flexibility index (Phi) is 5.72. The number of amides is 2. The second kappa shape index (κ2) is 8.32. The van der Waals surface area contributed by atoms with Crippen LogP contribution in [0, 0.1) is 19.8 Å². The van der Waals surface area contributed by atoms with Crippen LogP contribution >= 0.6 is 0 Å². The second-order valence-electron chi connectivity index (χ2n) is 7.98. The lowest BCUT2D eigenvalue weighted by Gasteiger charge is -2.31. The van der Waals surface area contributed by atoms with Crippen molar-refractivity contribution in [3.63, 3.8) is 0 Å². The van der Waals surface area contributed by atoms with Gasteiger partial charge in [0.05, 0.1) is 10.6 Å². The van der Waals surface area contributed by atoms with Gasteiger partial charge >= 0.3 is 0 Å². The van der Waals surface area contributed by atoms with Gasteiger partial charge < -0.3 is 15.4 Å². The van der Waals surface area contributed by atoms with Crippen LogP contribution in [0.25, 0.3) is 0 Å². The molecule has 1 saturated heterocycles. The van der Waals surface area contributed by atoms with Gasteiger partial charge in [-0.3, -0.25) is 9.59 Å². The number of ether oxygens (including phenoxy) is 1. The molecular weight excluding hydrogens is 418 g/mol. The Bertz CT molecular complexity index is 1140. The number of anilines is 2. The van der Waals surface area contributed by atoms with Crippen LogP contribution in [0.1, 0.15) is 24.0 Å². The fraction of sp³-hybridized carbons (Fsp3) is 0.364. The molecule has 0 saturated carbocycles. The van der Waals surface area contributed by atoms with E-state index in [-0.39, 0.29) is 42.3 Å². The number of aryl methyl sites for hydroxylation is 2. The van der Waals surface area contributed by atoms with Crippen LogP contribution in [-0.4, -0.2) is 44.2 Å². The van der Waals surface area contributed by atoms with Crippen LogP contribution in [0.2, 0.25) is 0 Å². The van der Waals surface area contributed by atoms with E-state index in [1.54, 1.807) is 6.07 Å². The summed E-state index contributed by atoms with van der Waals surface area (Å²) in [6.07, 6.45) is 0.890. The number of hydrogen-bond donors (Lipinski definition) is 2. The van der Waals surface area contributed by atoms with E-state index in [0.29, 0.717) is 24.3 Å². The number of nitrogens with one attached hydrogen (secondary N) is 2. The highest BCUT2D eigenvalue weighted by Gasteiger charge is 2.33. The van der Waals surface area contributed by atoms with Crippen LogP contribution < -0.4 is 15.4 Å². The van der Waals surface area contributed by atoms with E-state index >= 15 is 0 Å². The maximum atomic E-state index is 13.1. The molecule has 31 heavy (non-hydrogen) atoms. The number of benzene rings is 2. The predicted molar refractivity (Wildman–Crippen MR) is 117 cm³/mol. The Labute approximate surface area is 181 Å². The van der Waals surface area contributed by atoms with Crippen molar-refractivity contribution < 1.29 is 22.7 Å². The van der Waals surface area contributed by atoms with Crippen molar-refractivity contribution in [2.24, 2.45) is 5.92 Å². The molecule has 8 nitrogen and oxygen atoms in total. The minimum absolute atomic E-state index is 0.0855. The average molecular weight is 444 g/mol. The molecule has 9 heteroatoms. The number of piperidine rings is 1. The Balaban J connectivity index is 1.41. The van der Waals surface area contributed by atoms with E-state index < -0.39 is 10.0 Å². The van der Waals surface area contributed by atoms with Crippen molar-refractivity contribution in [3.05, 3.63) is 47.5 Å².